The van der Waals surface area contributed by atoms with Crippen molar-refractivity contribution in [2.45, 2.75) is 25.0 Å². The van der Waals surface area contributed by atoms with E-state index in [1.54, 1.807) is 11.3 Å². The van der Waals surface area contributed by atoms with Gasteiger partial charge in [0, 0.05) is 11.4 Å². The number of ether oxygens (including phenoxy) is 2. The van der Waals surface area contributed by atoms with Crippen molar-refractivity contribution in [1.82, 2.24) is 10.2 Å². The molecule has 0 saturated carbocycles. The van der Waals surface area contributed by atoms with E-state index in [0.29, 0.717) is 18.0 Å². The van der Waals surface area contributed by atoms with E-state index in [2.05, 4.69) is 27.7 Å². The molecule has 0 radical (unpaired) electrons. The lowest BCUT2D eigenvalue weighted by molar-refractivity contribution is -0.130. The molecule has 6 heteroatoms. The standard InChI is InChI=1S/C19H22N2O3S/c22-19(17-13-23-15-6-1-2-7-16(15)24-17)20-12-14(18-8-5-11-25-18)21-9-3-4-10-21/h1-2,5-8,11,14,17H,3-4,9-10,12-13H2,(H,20,22). The Bertz CT molecular complexity index is 713. The second kappa shape index (κ2) is 7.45. The van der Waals surface area contributed by atoms with Gasteiger partial charge >= 0.3 is 0 Å². The number of thiophene rings is 1. The van der Waals surface area contributed by atoms with E-state index in [9.17, 15) is 4.79 Å². The highest BCUT2D eigenvalue weighted by Gasteiger charge is 2.29. The molecule has 0 aliphatic carbocycles. The summed E-state index contributed by atoms with van der Waals surface area (Å²) in [4.78, 5) is 16.3. The lowest BCUT2D eigenvalue weighted by atomic mass is 10.2. The minimum absolute atomic E-state index is 0.116. The van der Waals surface area contributed by atoms with Crippen LogP contribution in [0.1, 0.15) is 23.8 Å². The lowest BCUT2D eigenvalue weighted by Crippen LogP contribution is -2.46. The number of amides is 1. The number of para-hydroxylation sites is 2. The molecule has 0 spiro atoms. The molecule has 2 atom stereocenters. The van der Waals surface area contributed by atoms with E-state index < -0.39 is 6.10 Å². The van der Waals surface area contributed by atoms with Gasteiger partial charge in [-0.2, -0.15) is 0 Å². The Morgan fingerprint density at radius 2 is 2.00 bits per heavy atom. The zero-order chi connectivity index (χ0) is 17.1. The Labute approximate surface area is 151 Å². The molecule has 4 rings (SSSR count). The third kappa shape index (κ3) is 3.65. The first-order valence-electron chi connectivity index (χ1n) is 8.75. The smallest absolute Gasteiger partial charge is 0.264 e. The molecule has 0 bridgehead atoms. The Hall–Kier alpha value is -2.05. The molecule has 25 heavy (non-hydrogen) atoms. The van der Waals surface area contributed by atoms with Crippen LogP contribution in [-0.2, 0) is 4.79 Å². The lowest BCUT2D eigenvalue weighted by Gasteiger charge is -2.29. The van der Waals surface area contributed by atoms with Crippen molar-refractivity contribution in [3.8, 4) is 11.5 Å². The number of fused-ring (bicyclic) bond motifs is 1. The molecule has 5 nitrogen and oxygen atoms in total. The van der Waals surface area contributed by atoms with Crippen molar-refractivity contribution >= 4 is 17.2 Å². The third-order valence-electron chi connectivity index (χ3n) is 4.72. The Morgan fingerprint density at radius 1 is 1.20 bits per heavy atom. The first-order valence-corrected chi connectivity index (χ1v) is 9.63. The summed E-state index contributed by atoms with van der Waals surface area (Å²) in [5.74, 6) is 1.21. The van der Waals surface area contributed by atoms with E-state index in [0.717, 1.165) is 13.1 Å². The Morgan fingerprint density at radius 3 is 2.76 bits per heavy atom. The van der Waals surface area contributed by atoms with Crippen LogP contribution in [-0.4, -0.2) is 43.2 Å². The minimum Gasteiger partial charge on any atom is -0.485 e. The number of hydrogen-bond acceptors (Lipinski definition) is 5. The van der Waals surface area contributed by atoms with Gasteiger partial charge in [0.15, 0.2) is 11.5 Å². The Balaban J connectivity index is 1.38. The quantitative estimate of drug-likeness (QED) is 0.893. The highest BCUT2D eigenvalue weighted by molar-refractivity contribution is 7.10. The average molecular weight is 358 g/mol. The van der Waals surface area contributed by atoms with Crippen LogP contribution in [0.15, 0.2) is 41.8 Å². The van der Waals surface area contributed by atoms with Crippen LogP contribution in [0, 0.1) is 0 Å². The van der Waals surface area contributed by atoms with E-state index in [-0.39, 0.29) is 18.6 Å². The molecular formula is C19H22N2O3S. The summed E-state index contributed by atoms with van der Waals surface area (Å²) >= 11 is 1.75. The molecule has 1 aromatic carbocycles. The fourth-order valence-electron chi connectivity index (χ4n) is 3.40. The maximum atomic E-state index is 12.6. The summed E-state index contributed by atoms with van der Waals surface area (Å²) in [6.07, 6.45) is 1.86. The van der Waals surface area contributed by atoms with Crippen molar-refractivity contribution in [3.63, 3.8) is 0 Å². The number of carbonyl (C=O) groups is 1. The predicted molar refractivity (Wildman–Crippen MR) is 97.2 cm³/mol. The van der Waals surface area contributed by atoms with Crippen LogP contribution in [0.4, 0.5) is 0 Å². The SMILES string of the molecule is O=C(NCC(c1cccs1)N1CCCC1)C1COc2ccccc2O1. The fraction of sp³-hybridized carbons (Fsp3) is 0.421. The highest BCUT2D eigenvalue weighted by Crippen LogP contribution is 2.31. The number of rotatable bonds is 5. The Kier molecular flexibility index (Phi) is 4.90. The summed E-state index contributed by atoms with van der Waals surface area (Å²) in [6, 6.07) is 11.9. The van der Waals surface area contributed by atoms with Gasteiger partial charge in [-0.05, 0) is 49.5 Å². The third-order valence-corrected chi connectivity index (χ3v) is 5.70. The van der Waals surface area contributed by atoms with Crippen LogP contribution in [0.5, 0.6) is 11.5 Å². The summed E-state index contributed by atoms with van der Waals surface area (Å²) in [5.41, 5.74) is 0. The first kappa shape index (κ1) is 16.4. The van der Waals surface area contributed by atoms with Crippen molar-refractivity contribution in [3.05, 3.63) is 46.7 Å². The van der Waals surface area contributed by atoms with E-state index in [1.807, 2.05) is 24.3 Å². The van der Waals surface area contributed by atoms with E-state index in [4.69, 9.17) is 9.47 Å². The van der Waals surface area contributed by atoms with Crippen molar-refractivity contribution < 1.29 is 14.3 Å². The van der Waals surface area contributed by atoms with Gasteiger partial charge in [-0.1, -0.05) is 18.2 Å². The minimum atomic E-state index is -0.600. The summed E-state index contributed by atoms with van der Waals surface area (Å²) in [7, 11) is 0. The topological polar surface area (TPSA) is 50.8 Å². The zero-order valence-corrected chi connectivity index (χ0v) is 14.8. The maximum absolute atomic E-state index is 12.6. The van der Waals surface area contributed by atoms with Crippen LogP contribution in [0.2, 0.25) is 0 Å². The number of benzene rings is 1. The summed E-state index contributed by atoms with van der Waals surface area (Å²) in [5, 5.41) is 5.16. The second-order valence-corrected chi connectivity index (χ2v) is 7.36. The highest BCUT2D eigenvalue weighted by atomic mass is 32.1. The first-order chi connectivity index (χ1) is 12.3. The molecule has 2 unspecified atom stereocenters. The maximum Gasteiger partial charge on any atom is 0.264 e. The number of carbonyl (C=O) groups excluding carboxylic acids is 1. The van der Waals surface area contributed by atoms with Gasteiger partial charge in [-0.15, -0.1) is 11.3 Å². The fourth-order valence-corrected chi connectivity index (χ4v) is 4.26. The monoisotopic (exact) mass is 358 g/mol. The van der Waals surface area contributed by atoms with Gasteiger partial charge in [-0.3, -0.25) is 9.69 Å². The van der Waals surface area contributed by atoms with Crippen LogP contribution in [0.25, 0.3) is 0 Å². The van der Waals surface area contributed by atoms with Gasteiger partial charge in [0.05, 0.1) is 6.04 Å². The van der Waals surface area contributed by atoms with Gasteiger partial charge in [0.2, 0.25) is 6.10 Å². The number of likely N-dealkylation sites (tertiary alicyclic amines) is 1. The van der Waals surface area contributed by atoms with E-state index >= 15 is 0 Å². The molecule has 3 heterocycles. The van der Waals surface area contributed by atoms with Crippen molar-refractivity contribution in [2.24, 2.45) is 0 Å². The molecule has 132 valence electrons. The van der Waals surface area contributed by atoms with Crippen LogP contribution >= 0.6 is 11.3 Å². The zero-order valence-electron chi connectivity index (χ0n) is 14.0. The van der Waals surface area contributed by atoms with Crippen LogP contribution in [0.3, 0.4) is 0 Å². The van der Waals surface area contributed by atoms with Gasteiger partial charge in [-0.25, -0.2) is 0 Å². The molecule has 1 saturated heterocycles. The molecule has 1 fully saturated rings. The average Bonchev–Trinajstić information content (AvgIpc) is 3.36. The van der Waals surface area contributed by atoms with Crippen molar-refractivity contribution in [1.29, 1.82) is 0 Å². The van der Waals surface area contributed by atoms with Crippen LogP contribution < -0.4 is 14.8 Å². The second-order valence-electron chi connectivity index (χ2n) is 6.38. The summed E-state index contributed by atoms with van der Waals surface area (Å²) < 4.78 is 11.4. The number of nitrogens with one attached hydrogen (secondary N) is 1. The molecule has 2 aromatic rings. The molecule has 1 amide bonds. The molecule has 2 aliphatic rings. The molecule has 1 aromatic heterocycles. The van der Waals surface area contributed by atoms with Crippen molar-refractivity contribution in [2.75, 3.05) is 26.2 Å². The van der Waals surface area contributed by atoms with Gasteiger partial charge in [0.25, 0.3) is 5.91 Å². The summed E-state index contributed by atoms with van der Waals surface area (Å²) in [6.45, 7) is 3.03. The van der Waals surface area contributed by atoms with Gasteiger partial charge in [0.1, 0.15) is 6.61 Å². The number of hydrogen-bond donors (Lipinski definition) is 1. The van der Waals surface area contributed by atoms with Gasteiger partial charge < -0.3 is 14.8 Å². The number of nitrogens with zero attached hydrogens (tertiary/aromatic N) is 1. The molecule has 2 aliphatic heterocycles. The molecular weight excluding hydrogens is 336 g/mol. The van der Waals surface area contributed by atoms with E-state index in [1.165, 1.54) is 17.7 Å². The molecule has 1 N–H and O–H groups in total. The largest absolute Gasteiger partial charge is 0.485 e. The normalized spacial score (nSPS) is 21.0. The predicted octanol–water partition coefficient (Wildman–Crippen LogP) is 2.84.